The third-order valence-electron chi connectivity index (χ3n) is 3.84. The molecule has 0 aromatic heterocycles. The first kappa shape index (κ1) is 18.0. The number of urea groups is 1. The van der Waals surface area contributed by atoms with Gasteiger partial charge in [0, 0.05) is 10.2 Å². The normalized spacial score (nSPS) is 11.6. The number of primary amides is 1. The van der Waals surface area contributed by atoms with Gasteiger partial charge in [-0.3, -0.25) is 4.79 Å². The minimum Gasteiger partial charge on any atom is -0.352 e. The predicted molar refractivity (Wildman–Crippen MR) is 98.8 cm³/mol. The van der Waals surface area contributed by atoms with Gasteiger partial charge in [0.05, 0.1) is 12.5 Å². The molecule has 0 saturated heterocycles. The van der Waals surface area contributed by atoms with E-state index >= 15 is 0 Å². The molecule has 0 aliphatic rings. The summed E-state index contributed by atoms with van der Waals surface area (Å²) in [5, 5.41) is 5.52. The molecule has 126 valence electrons. The van der Waals surface area contributed by atoms with Gasteiger partial charge in [-0.1, -0.05) is 40.2 Å². The van der Waals surface area contributed by atoms with Crippen LogP contribution in [0.1, 0.15) is 29.2 Å². The fourth-order valence-electron chi connectivity index (χ4n) is 2.42. The van der Waals surface area contributed by atoms with E-state index in [-0.39, 0.29) is 12.3 Å². The van der Waals surface area contributed by atoms with Crippen LogP contribution in [0, 0.1) is 13.8 Å². The number of hydrogen-bond acceptors (Lipinski definition) is 2. The number of hydrogen-bond donors (Lipinski definition) is 3. The number of nitrogens with one attached hydrogen (secondary N) is 2. The van der Waals surface area contributed by atoms with Crippen molar-refractivity contribution in [1.29, 1.82) is 0 Å². The van der Waals surface area contributed by atoms with E-state index in [0.717, 1.165) is 26.9 Å². The largest absolute Gasteiger partial charge is 0.352 e. The molecule has 0 aliphatic heterocycles. The Morgan fingerprint density at radius 1 is 1.17 bits per heavy atom. The molecule has 5 nitrogen and oxygen atoms in total. The number of carbonyl (C=O) groups excluding carboxylic acids is 2. The third kappa shape index (κ3) is 4.83. The zero-order valence-corrected chi connectivity index (χ0v) is 15.2. The van der Waals surface area contributed by atoms with Crippen molar-refractivity contribution in [1.82, 2.24) is 5.32 Å². The quantitative estimate of drug-likeness (QED) is 0.726. The third-order valence-corrected chi connectivity index (χ3v) is 4.33. The van der Waals surface area contributed by atoms with Gasteiger partial charge in [-0.15, -0.1) is 0 Å². The maximum absolute atomic E-state index is 12.4. The summed E-state index contributed by atoms with van der Waals surface area (Å²) in [5.41, 5.74) is 8.95. The van der Waals surface area contributed by atoms with E-state index in [1.165, 1.54) is 0 Å². The zero-order valence-electron chi connectivity index (χ0n) is 13.6. The van der Waals surface area contributed by atoms with Crippen LogP contribution >= 0.6 is 15.9 Å². The zero-order chi connectivity index (χ0) is 17.7. The summed E-state index contributed by atoms with van der Waals surface area (Å²) in [6.45, 7) is 3.95. The second kappa shape index (κ2) is 7.97. The summed E-state index contributed by atoms with van der Waals surface area (Å²) in [4.78, 5) is 23.7. The Morgan fingerprint density at radius 3 is 2.54 bits per heavy atom. The first-order chi connectivity index (χ1) is 11.4. The Kier molecular flexibility index (Phi) is 5.98. The van der Waals surface area contributed by atoms with Crippen molar-refractivity contribution in [3.63, 3.8) is 0 Å². The fourth-order valence-corrected chi connectivity index (χ4v) is 2.84. The summed E-state index contributed by atoms with van der Waals surface area (Å²) in [5.74, 6) is -0.192. The highest BCUT2D eigenvalue weighted by Crippen LogP contribution is 2.23. The average molecular weight is 390 g/mol. The van der Waals surface area contributed by atoms with Crippen molar-refractivity contribution in [2.45, 2.75) is 26.3 Å². The molecule has 3 amide bonds. The Balaban J connectivity index is 2.15. The van der Waals surface area contributed by atoms with E-state index in [1.807, 2.05) is 56.3 Å². The SMILES string of the molecule is Cc1cccc(NC(=O)CC(NC(N)=O)c2cccc(Br)c2)c1C. The first-order valence-corrected chi connectivity index (χ1v) is 8.33. The van der Waals surface area contributed by atoms with Gasteiger partial charge in [0.25, 0.3) is 0 Å². The molecule has 1 atom stereocenters. The van der Waals surface area contributed by atoms with E-state index in [9.17, 15) is 9.59 Å². The van der Waals surface area contributed by atoms with Gasteiger partial charge in [0.15, 0.2) is 0 Å². The molecule has 4 N–H and O–H groups in total. The topological polar surface area (TPSA) is 84.2 Å². The maximum atomic E-state index is 12.4. The van der Waals surface area contributed by atoms with E-state index < -0.39 is 12.1 Å². The lowest BCUT2D eigenvalue weighted by Gasteiger charge is -2.18. The van der Waals surface area contributed by atoms with Crippen LogP contribution in [-0.4, -0.2) is 11.9 Å². The summed E-state index contributed by atoms with van der Waals surface area (Å²) < 4.78 is 0.867. The molecule has 2 rings (SSSR count). The van der Waals surface area contributed by atoms with Crippen LogP contribution < -0.4 is 16.4 Å². The highest BCUT2D eigenvalue weighted by Gasteiger charge is 2.18. The first-order valence-electron chi connectivity index (χ1n) is 7.54. The second-order valence-corrected chi connectivity index (χ2v) is 6.53. The molecule has 0 fully saturated rings. The van der Waals surface area contributed by atoms with Crippen LogP contribution in [0.5, 0.6) is 0 Å². The summed E-state index contributed by atoms with van der Waals surface area (Å²) in [7, 11) is 0. The molecule has 0 bridgehead atoms. The molecular formula is C18H20BrN3O2. The minimum absolute atomic E-state index is 0.0901. The van der Waals surface area contributed by atoms with Gasteiger partial charge in [0.1, 0.15) is 0 Å². The molecule has 2 aromatic rings. The minimum atomic E-state index is -0.667. The monoisotopic (exact) mass is 389 g/mol. The van der Waals surface area contributed by atoms with Crippen LogP contribution in [0.3, 0.4) is 0 Å². The molecular weight excluding hydrogens is 370 g/mol. The predicted octanol–water partition coefficient (Wildman–Crippen LogP) is 3.80. The number of aryl methyl sites for hydroxylation is 1. The number of anilines is 1. The fraction of sp³-hybridized carbons (Fsp3) is 0.222. The number of benzene rings is 2. The van der Waals surface area contributed by atoms with Crippen molar-refractivity contribution in [2.24, 2.45) is 5.73 Å². The van der Waals surface area contributed by atoms with Gasteiger partial charge in [-0.25, -0.2) is 4.79 Å². The van der Waals surface area contributed by atoms with Gasteiger partial charge in [-0.2, -0.15) is 0 Å². The van der Waals surface area contributed by atoms with Crippen LogP contribution in [-0.2, 0) is 4.79 Å². The number of amides is 3. The lowest BCUT2D eigenvalue weighted by atomic mass is 10.0. The van der Waals surface area contributed by atoms with E-state index in [4.69, 9.17) is 5.73 Å². The molecule has 0 saturated carbocycles. The van der Waals surface area contributed by atoms with Crippen LogP contribution in [0.15, 0.2) is 46.9 Å². The number of carbonyl (C=O) groups is 2. The summed E-state index contributed by atoms with van der Waals surface area (Å²) in [6.07, 6.45) is 0.0901. The van der Waals surface area contributed by atoms with Crippen molar-refractivity contribution >= 4 is 33.6 Å². The maximum Gasteiger partial charge on any atom is 0.312 e. The number of nitrogens with two attached hydrogens (primary N) is 1. The Bertz CT molecular complexity index is 762. The number of halogens is 1. The lowest BCUT2D eigenvalue weighted by Crippen LogP contribution is -2.35. The molecule has 0 aliphatic carbocycles. The van der Waals surface area contributed by atoms with Crippen LogP contribution in [0.25, 0.3) is 0 Å². The molecule has 0 spiro atoms. The Morgan fingerprint density at radius 2 is 1.88 bits per heavy atom. The van der Waals surface area contributed by atoms with Crippen LogP contribution in [0.4, 0.5) is 10.5 Å². The van der Waals surface area contributed by atoms with Gasteiger partial charge >= 0.3 is 6.03 Å². The highest BCUT2D eigenvalue weighted by molar-refractivity contribution is 9.10. The molecule has 0 radical (unpaired) electrons. The van der Waals surface area contributed by atoms with Crippen molar-refractivity contribution in [3.8, 4) is 0 Å². The van der Waals surface area contributed by atoms with Crippen molar-refractivity contribution in [3.05, 3.63) is 63.6 Å². The summed E-state index contributed by atoms with van der Waals surface area (Å²) in [6, 6.07) is 12.0. The molecule has 2 aromatic carbocycles. The lowest BCUT2D eigenvalue weighted by molar-refractivity contribution is -0.116. The smallest absolute Gasteiger partial charge is 0.312 e. The average Bonchev–Trinajstić information content (AvgIpc) is 2.51. The van der Waals surface area contributed by atoms with Gasteiger partial charge in [-0.05, 0) is 48.7 Å². The molecule has 0 heterocycles. The van der Waals surface area contributed by atoms with Crippen LogP contribution in [0.2, 0.25) is 0 Å². The number of rotatable bonds is 5. The van der Waals surface area contributed by atoms with Gasteiger partial charge in [0.2, 0.25) is 5.91 Å². The Hall–Kier alpha value is -2.34. The molecule has 24 heavy (non-hydrogen) atoms. The van der Waals surface area contributed by atoms with Crippen molar-refractivity contribution < 1.29 is 9.59 Å². The highest BCUT2D eigenvalue weighted by atomic mass is 79.9. The second-order valence-electron chi connectivity index (χ2n) is 5.62. The van der Waals surface area contributed by atoms with E-state index in [1.54, 1.807) is 0 Å². The van der Waals surface area contributed by atoms with Gasteiger partial charge < -0.3 is 16.4 Å². The standard InChI is InChI=1S/C18H20BrN3O2/c1-11-5-3-8-15(12(11)2)21-17(23)10-16(22-18(20)24)13-6-4-7-14(19)9-13/h3-9,16H,10H2,1-2H3,(H,21,23)(H3,20,22,24). The van der Waals surface area contributed by atoms with E-state index in [2.05, 4.69) is 26.6 Å². The Labute approximate surface area is 149 Å². The summed E-state index contributed by atoms with van der Waals surface area (Å²) >= 11 is 3.39. The van der Waals surface area contributed by atoms with E-state index in [0.29, 0.717) is 0 Å². The molecule has 6 heteroatoms. The molecule has 1 unspecified atom stereocenters. The van der Waals surface area contributed by atoms with Crippen molar-refractivity contribution in [2.75, 3.05) is 5.32 Å².